The fourth-order valence-electron chi connectivity index (χ4n) is 3.05. The Bertz CT molecular complexity index is 968. The van der Waals surface area contributed by atoms with Crippen LogP contribution in [0.5, 0.6) is 11.5 Å². The molecule has 5 nitrogen and oxygen atoms in total. The zero-order valence-electron chi connectivity index (χ0n) is 16.7. The third-order valence-electron chi connectivity index (χ3n) is 4.63. The minimum Gasteiger partial charge on any atom is -0.504 e. The van der Waals surface area contributed by atoms with Gasteiger partial charge in [0.25, 0.3) is 0 Å². The topological polar surface area (TPSA) is 70.6 Å². The van der Waals surface area contributed by atoms with E-state index in [1.165, 1.54) is 12.7 Å². The number of hydrogen-bond acceptors (Lipinski definition) is 4. The molecule has 3 aromatic rings. The average Bonchev–Trinajstić information content (AvgIpc) is 2.73. The van der Waals surface area contributed by atoms with Gasteiger partial charge in [-0.15, -0.1) is 0 Å². The van der Waals surface area contributed by atoms with Gasteiger partial charge in [-0.05, 0) is 47.9 Å². The Morgan fingerprint density at radius 3 is 2.38 bits per heavy atom. The highest BCUT2D eigenvalue weighted by Gasteiger charge is 2.05. The highest BCUT2D eigenvalue weighted by atomic mass is 16.5. The predicted molar refractivity (Wildman–Crippen MR) is 115 cm³/mol. The normalized spacial score (nSPS) is 10.4. The molecule has 0 saturated heterocycles. The molecule has 0 bridgehead atoms. The van der Waals surface area contributed by atoms with Crippen LogP contribution in [-0.2, 0) is 24.3 Å². The standard InChI is InChI=1S/C24H26N2O3/c1-17-4-3-5-19(12-17)16-26-24(28)14-18-6-9-21(10-7-18)25-15-20-8-11-22(27)23(13-20)29-2/h3-13,25,27H,14-16H2,1-2H3,(H,26,28). The lowest BCUT2D eigenvalue weighted by Crippen LogP contribution is -2.24. The van der Waals surface area contributed by atoms with Crippen LogP contribution in [0.25, 0.3) is 0 Å². The lowest BCUT2D eigenvalue weighted by molar-refractivity contribution is -0.120. The second kappa shape index (κ2) is 9.64. The largest absolute Gasteiger partial charge is 0.504 e. The van der Waals surface area contributed by atoms with Gasteiger partial charge >= 0.3 is 0 Å². The molecule has 29 heavy (non-hydrogen) atoms. The number of amides is 1. The van der Waals surface area contributed by atoms with Crippen molar-refractivity contribution in [2.75, 3.05) is 12.4 Å². The number of ether oxygens (including phenoxy) is 1. The summed E-state index contributed by atoms with van der Waals surface area (Å²) in [6, 6.07) is 21.2. The average molecular weight is 390 g/mol. The molecule has 3 rings (SSSR count). The monoisotopic (exact) mass is 390 g/mol. The summed E-state index contributed by atoms with van der Waals surface area (Å²) in [6.45, 7) is 3.18. The Morgan fingerprint density at radius 2 is 1.66 bits per heavy atom. The van der Waals surface area contributed by atoms with Crippen LogP contribution in [-0.4, -0.2) is 18.1 Å². The third kappa shape index (κ3) is 6.01. The Hall–Kier alpha value is -3.47. The van der Waals surface area contributed by atoms with Crippen molar-refractivity contribution >= 4 is 11.6 Å². The van der Waals surface area contributed by atoms with Crippen LogP contribution in [0.3, 0.4) is 0 Å². The zero-order chi connectivity index (χ0) is 20.6. The molecular formula is C24H26N2O3. The Labute approximate surface area is 171 Å². The second-order valence-corrected chi connectivity index (χ2v) is 7.00. The van der Waals surface area contributed by atoms with Gasteiger partial charge in [-0.25, -0.2) is 0 Å². The molecule has 3 N–H and O–H groups in total. The summed E-state index contributed by atoms with van der Waals surface area (Å²) < 4.78 is 5.13. The maximum absolute atomic E-state index is 12.2. The molecule has 3 aromatic carbocycles. The van der Waals surface area contributed by atoms with E-state index in [-0.39, 0.29) is 11.7 Å². The van der Waals surface area contributed by atoms with Crippen LogP contribution in [0.4, 0.5) is 5.69 Å². The maximum Gasteiger partial charge on any atom is 0.224 e. The summed E-state index contributed by atoms with van der Waals surface area (Å²) in [7, 11) is 1.53. The molecule has 0 aliphatic heterocycles. The number of hydrogen-bond donors (Lipinski definition) is 3. The number of methoxy groups -OCH3 is 1. The lowest BCUT2D eigenvalue weighted by Gasteiger charge is -2.10. The van der Waals surface area contributed by atoms with E-state index in [1.807, 2.05) is 55.5 Å². The molecule has 0 heterocycles. The van der Waals surface area contributed by atoms with Gasteiger partial charge in [0.1, 0.15) is 0 Å². The SMILES string of the molecule is COc1cc(CNc2ccc(CC(=O)NCc3cccc(C)c3)cc2)ccc1O. The van der Waals surface area contributed by atoms with E-state index in [4.69, 9.17) is 4.74 Å². The Morgan fingerprint density at radius 1 is 0.931 bits per heavy atom. The van der Waals surface area contributed by atoms with E-state index in [2.05, 4.69) is 16.7 Å². The zero-order valence-corrected chi connectivity index (χ0v) is 16.7. The van der Waals surface area contributed by atoms with Crippen LogP contribution >= 0.6 is 0 Å². The predicted octanol–water partition coefficient (Wildman–Crippen LogP) is 4.18. The van der Waals surface area contributed by atoms with Crippen molar-refractivity contribution in [1.82, 2.24) is 5.32 Å². The number of phenolic OH excluding ortho intramolecular Hbond substituents is 1. The van der Waals surface area contributed by atoms with Crippen molar-refractivity contribution in [1.29, 1.82) is 0 Å². The number of nitrogens with one attached hydrogen (secondary N) is 2. The summed E-state index contributed by atoms with van der Waals surface area (Å²) in [5.74, 6) is 0.584. The van der Waals surface area contributed by atoms with Crippen molar-refractivity contribution in [3.63, 3.8) is 0 Å². The summed E-state index contributed by atoms with van der Waals surface area (Å²) in [6.07, 6.45) is 0.348. The Kier molecular flexibility index (Phi) is 6.74. The highest BCUT2D eigenvalue weighted by Crippen LogP contribution is 2.26. The molecule has 150 valence electrons. The Balaban J connectivity index is 1.48. The summed E-state index contributed by atoms with van der Waals surface area (Å²) in [4.78, 5) is 12.2. The fraction of sp³-hybridized carbons (Fsp3) is 0.208. The van der Waals surface area contributed by atoms with E-state index in [0.29, 0.717) is 25.3 Å². The first-order chi connectivity index (χ1) is 14.0. The van der Waals surface area contributed by atoms with Crippen LogP contribution in [0.1, 0.15) is 22.3 Å². The molecule has 0 unspecified atom stereocenters. The number of benzene rings is 3. The molecule has 5 heteroatoms. The van der Waals surface area contributed by atoms with Gasteiger partial charge in [0.15, 0.2) is 11.5 Å². The molecular weight excluding hydrogens is 364 g/mol. The number of carbonyl (C=O) groups is 1. The second-order valence-electron chi connectivity index (χ2n) is 7.00. The molecule has 0 aliphatic rings. The van der Waals surface area contributed by atoms with Crippen molar-refractivity contribution in [2.45, 2.75) is 26.4 Å². The van der Waals surface area contributed by atoms with Gasteiger partial charge in [0, 0.05) is 18.8 Å². The van der Waals surface area contributed by atoms with Gasteiger partial charge in [0.05, 0.1) is 13.5 Å². The fourth-order valence-corrected chi connectivity index (χ4v) is 3.05. The maximum atomic E-state index is 12.2. The number of phenols is 1. The smallest absolute Gasteiger partial charge is 0.224 e. The highest BCUT2D eigenvalue weighted by molar-refractivity contribution is 5.78. The van der Waals surface area contributed by atoms with Gasteiger partial charge < -0.3 is 20.5 Å². The molecule has 0 radical (unpaired) electrons. The van der Waals surface area contributed by atoms with E-state index < -0.39 is 0 Å². The quantitative estimate of drug-likeness (QED) is 0.540. The third-order valence-corrected chi connectivity index (χ3v) is 4.63. The lowest BCUT2D eigenvalue weighted by atomic mass is 10.1. The van der Waals surface area contributed by atoms with Crippen molar-refractivity contribution in [2.24, 2.45) is 0 Å². The summed E-state index contributed by atoms with van der Waals surface area (Å²) >= 11 is 0. The molecule has 0 aromatic heterocycles. The van der Waals surface area contributed by atoms with Gasteiger partial charge in [-0.2, -0.15) is 0 Å². The molecule has 0 spiro atoms. The van der Waals surface area contributed by atoms with Crippen molar-refractivity contribution in [3.05, 3.63) is 89.0 Å². The first-order valence-electron chi connectivity index (χ1n) is 9.54. The van der Waals surface area contributed by atoms with E-state index in [9.17, 15) is 9.90 Å². The van der Waals surface area contributed by atoms with Crippen LogP contribution < -0.4 is 15.4 Å². The van der Waals surface area contributed by atoms with Gasteiger partial charge in [-0.1, -0.05) is 48.0 Å². The van der Waals surface area contributed by atoms with E-state index in [0.717, 1.165) is 22.4 Å². The van der Waals surface area contributed by atoms with Crippen LogP contribution in [0.2, 0.25) is 0 Å². The first kappa shape index (κ1) is 20.3. The number of rotatable bonds is 8. The molecule has 0 fully saturated rings. The number of aromatic hydroxyl groups is 1. The first-order valence-corrected chi connectivity index (χ1v) is 9.54. The minimum absolute atomic E-state index is 0.00315. The van der Waals surface area contributed by atoms with Crippen molar-refractivity contribution < 1.29 is 14.6 Å². The molecule has 1 amide bonds. The summed E-state index contributed by atoms with van der Waals surface area (Å²) in [5.41, 5.74) is 5.21. The van der Waals surface area contributed by atoms with Crippen LogP contribution in [0.15, 0.2) is 66.7 Å². The molecule has 0 atom stereocenters. The molecule has 0 aliphatic carbocycles. The molecule has 0 saturated carbocycles. The number of anilines is 1. The summed E-state index contributed by atoms with van der Waals surface area (Å²) in [5, 5.41) is 16.0. The van der Waals surface area contributed by atoms with Gasteiger partial charge in [-0.3, -0.25) is 4.79 Å². The van der Waals surface area contributed by atoms with E-state index in [1.54, 1.807) is 12.1 Å². The van der Waals surface area contributed by atoms with Gasteiger partial charge in [0.2, 0.25) is 5.91 Å². The van der Waals surface area contributed by atoms with E-state index >= 15 is 0 Å². The number of carbonyl (C=O) groups excluding carboxylic acids is 1. The number of aryl methyl sites for hydroxylation is 1. The van der Waals surface area contributed by atoms with Crippen LogP contribution in [0, 0.1) is 6.92 Å². The van der Waals surface area contributed by atoms with Crippen molar-refractivity contribution in [3.8, 4) is 11.5 Å². The minimum atomic E-state index is 0.00315.